The lowest BCUT2D eigenvalue weighted by molar-refractivity contribution is 0.103. The number of nitrogens with one attached hydrogen (secondary N) is 1. The number of rotatable bonds is 2. The van der Waals surface area contributed by atoms with E-state index in [-0.39, 0.29) is 10.9 Å². The summed E-state index contributed by atoms with van der Waals surface area (Å²) in [4.78, 5) is 2.37. The van der Waals surface area contributed by atoms with E-state index in [1.54, 1.807) is 12.1 Å². The first-order valence-corrected chi connectivity index (χ1v) is 13.2. The monoisotopic (exact) mass is 498 g/mol. The Balaban J connectivity index is 0.000000195. The van der Waals surface area contributed by atoms with Crippen LogP contribution in [0.5, 0.6) is 0 Å². The molecule has 2 N–H and O–H groups in total. The summed E-state index contributed by atoms with van der Waals surface area (Å²) in [7, 11) is -4.02. The van der Waals surface area contributed by atoms with E-state index in [4.69, 9.17) is 4.55 Å². The number of nitrogens with zero attached hydrogens (tertiary/aromatic N) is 1. The summed E-state index contributed by atoms with van der Waals surface area (Å²) < 4.78 is 58.7. The molecule has 1 saturated heterocycles. The Morgan fingerprint density at radius 2 is 1.29 bits per heavy atom. The van der Waals surface area contributed by atoms with Crippen molar-refractivity contribution in [2.75, 3.05) is 26.2 Å². The number of aryl methyl sites for hydroxylation is 1. The molecule has 35 heavy (non-hydrogen) atoms. The third-order valence-electron chi connectivity index (χ3n) is 7.14. The average molecular weight is 499 g/mol. The minimum Gasteiger partial charge on any atom is -0.314 e. The maximum atomic E-state index is 14.6. The predicted molar refractivity (Wildman–Crippen MR) is 131 cm³/mol. The van der Waals surface area contributed by atoms with Crippen LogP contribution in [-0.4, -0.2) is 50.0 Å². The molecule has 1 unspecified atom stereocenters. The van der Waals surface area contributed by atoms with Gasteiger partial charge in [0, 0.05) is 26.2 Å². The number of benzene rings is 3. The van der Waals surface area contributed by atoms with E-state index in [1.165, 1.54) is 12.1 Å². The van der Waals surface area contributed by atoms with Gasteiger partial charge in [-0.05, 0) is 41.3 Å². The largest absolute Gasteiger partial charge is 0.314 e. The smallest absolute Gasteiger partial charge is 0.294 e. The summed E-state index contributed by atoms with van der Waals surface area (Å²) in [6, 6.07) is 21.8. The van der Waals surface area contributed by atoms with Crippen LogP contribution in [0, 0.1) is 6.92 Å². The van der Waals surface area contributed by atoms with Crippen molar-refractivity contribution in [2.24, 2.45) is 0 Å². The molecule has 2 aliphatic carbocycles. The van der Waals surface area contributed by atoms with Crippen LogP contribution in [0.2, 0.25) is 0 Å². The van der Waals surface area contributed by atoms with Gasteiger partial charge in [-0.15, -0.1) is 0 Å². The van der Waals surface area contributed by atoms with Gasteiger partial charge in [-0.1, -0.05) is 66.2 Å². The van der Waals surface area contributed by atoms with Gasteiger partial charge in [0.1, 0.15) is 0 Å². The highest BCUT2D eigenvalue weighted by molar-refractivity contribution is 7.85. The molecule has 3 aliphatic rings. The third-order valence-corrected chi connectivity index (χ3v) is 8.01. The lowest BCUT2D eigenvalue weighted by Gasteiger charge is -2.37. The molecule has 0 radical (unpaired) electrons. The topological polar surface area (TPSA) is 69.6 Å². The minimum atomic E-state index is -4.02. The highest BCUT2D eigenvalue weighted by Gasteiger charge is 2.71. The molecule has 3 aromatic rings. The second kappa shape index (κ2) is 9.09. The fourth-order valence-corrected chi connectivity index (χ4v) is 5.88. The Bertz CT molecular complexity index is 1270. The molecule has 1 saturated carbocycles. The maximum Gasteiger partial charge on any atom is 0.294 e. The lowest BCUT2D eigenvalue weighted by atomic mass is 9.90. The molecular formula is C27H28F2N2O3S. The molecule has 8 heteroatoms. The number of alkyl halides is 2. The van der Waals surface area contributed by atoms with Crippen molar-refractivity contribution in [3.63, 3.8) is 0 Å². The van der Waals surface area contributed by atoms with Crippen molar-refractivity contribution in [3.05, 3.63) is 101 Å². The molecule has 1 heterocycles. The Kier molecular flexibility index (Phi) is 6.25. The maximum absolute atomic E-state index is 14.6. The summed E-state index contributed by atoms with van der Waals surface area (Å²) in [5.41, 5.74) is 4.77. The van der Waals surface area contributed by atoms with Crippen LogP contribution in [-0.2, 0) is 10.1 Å². The second-order valence-electron chi connectivity index (χ2n) is 9.36. The van der Waals surface area contributed by atoms with Gasteiger partial charge in [0.25, 0.3) is 16.0 Å². The van der Waals surface area contributed by atoms with Gasteiger partial charge in [0.2, 0.25) is 0 Å². The van der Waals surface area contributed by atoms with E-state index in [9.17, 15) is 17.2 Å². The second-order valence-corrected chi connectivity index (χ2v) is 10.8. The Labute approximate surface area is 204 Å². The van der Waals surface area contributed by atoms with Crippen molar-refractivity contribution in [2.45, 2.75) is 35.6 Å². The number of fused-ring (bicyclic) bond motifs is 5. The summed E-state index contributed by atoms with van der Waals surface area (Å²) in [5.74, 6) is -3.95. The molecule has 2 fully saturated rings. The molecule has 3 aromatic carbocycles. The van der Waals surface area contributed by atoms with Gasteiger partial charge in [0.05, 0.1) is 22.8 Å². The number of hydrogen-bond acceptors (Lipinski definition) is 4. The highest BCUT2D eigenvalue weighted by Crippen LogP contribution is 2.70. The zero-order valence-corrected chi connectivity index (χ0v) is 20.2. The van der Waals surface area contributed by atoms with Crippen LogP contribution in [0.4, 0.5) is 8.78 Å². The van der Waals surface area contributed by atoms with E-state index in [1.807, 2.05) is 43.3 Å². The minimum absolute atomic E-state index is 0.0666. The van der Waals surface area contributed by atoms with E-state index in [0.717, 1.165) is 54.0 Å². The first kappa shape index (κ1) is 24.1. The van der Waals surface area contributed by atoms with Crippen LogP contribution in [0.3, 0.4) is 0 Å². The molecule has 3 atom stereocenters. The molecule has 0 spiro atoms. The normalized spacial score (nSPS) is 24.6. The van der Waals surface area contributed by atoms with Crippen molar-refractivity contribution in [3.8, 4) is 0 Å². The highest BCUT2D eigenvalue weighted by atomic mass is 32.2. The summed E-state index contributed by atoms with van der Waals surface area (Å²) >= 11 is 0. The first-order valence-electron chi connectivity index (χ1n) is 11.7. The first-order chi connectivity index (χ1) is 16.7. The van der Waals surface area contributed by atoms with E-state index < -0.39 is 27.9 Å². The molecule has 1 aliphatic heterocycles. The van der Waals surface area contributed by atoms with Crippen molar-refractivity contribution in [1.82, 2.24) is 10.2 Å². The molecule has 5 nitrogen and oxygen atoms in total. The quantitative estimate of drug-likeness (QED) is 0.499. The van der Waals surface area contributed by atoms with Crippen LogP contribution in [0.1, 0.15) is 45.7 Å². The van der Waals surface area contributed by atoms with Gasteiger partial charge >= 0.3 is 0 Å². The van der Waals surface area contributed by atoms with Gasteiger partial charge in [-0.25, -0.2) is 8.78 Å². The van der Waals surface area contributed by atoms with Gasteiger partial charge in [-0.3, -0.25) is 9.45 Å². The van der Waals surface area contributed by atoms with Crippen molar-refractivity contribution >= 4 is 10.1 Å². The van der Waals surface area contributed by atoms with Crippen LogP contribution in [0.25, 0.3) is 0 Å². The fraction of sp³-hybridized carbons (Fsp3) is 0.333. The Morgan fingerprint density at radius 3 is 1.74 bits per heavy atom. The zero-order valence-electron chi connectivity index (χ0n) is 19.4. The fourth-order valence-electron chi connectivity index (χ4n) is 5.40. The molecule has 0 bridgehead atoms. The number of halogens is 2. The number of hydrogen-bond donors (Lipinski definition) is 2. The van der Waals surface area contributed by atoms with Crippen molar-refractivity contribution in [1.29, 1.82) is 0 Å². The third kappa shape index (κ3) is 4.51. The molecule has 0 aromatic heterocycles. The summed E-state index contributed by atoms with van der Waals surface area (Å²) in [6.07, 6.45) is 0. The van der Waals surface area contributed by atoms with Gasteiger partial charge < -0.3 is 5.32 Å². The van der Waals surface area contributed by atoms with E-state index >= 15 is 0 Å². The molecule has 0 amide bonds. The molecule has 6 rings (SSSR count). The lowest BCUT2D eigenvalue weighted by Crippen LogP contribution is -2.45. The van der Waals surface area contributed by atoms with Crippen LogP contribution < -0.4 is 5.32 Å². The average Bonchev–Trinajstić information content (AvgIpc) is 3.45. The van der Waals surface area contributed by atoms with Gasteiger partial charge in [0.15, 0.2) is 0 Å². The standard InChI is InChI=1S/C20H20F2N2.C7H8O3S/c21-20(22)17-13-5-1-3-7-15(13)19(24-11-9-23-10-12-24)16-8-4-2-6-14(16)18(17)20;1-6-2-4-7(5-3-6)11(8,9)10/h1-8,17-19,23H,9-12H2;2-5H,1H3,(H,8,9,10)/t17-,18+,19?;. The van der Waals surface area contributed by atoms with Crippen LogP contribution >= 0.6 is 0 Å². The molecule has 184 valence electrons. The summed E-state index contributed by atoms with van der Waals surface area (Å²) in [6.45, 7) is 5.62. The van der Waals surface area contributed by atoms with Crippen LogP contribution in [0.15, 0.2) is 77.7 Å². The summed E-state index contributed by atoms with van der Waals surface area (Å²) in [5, 5.41) is 3.39. The van der Waals surface area contributed by atoms with E-state index in [2.05, 4.69) is 22.3 Å². The Morgan fingerprint density at radius 1 is 0.829 bits per heavy atom. The Hall–Kier alpha value is -2.65. The SMILES string of the molecule is Cc1ccc(S(=O)(=O)O)cc1.FC1(F)[C@@H]2c3ccccc3C(N3CCNCC3)c3ccccc3[C@@H]21. The number of piperazine rings is 1. The van der Waals surface area contributed by atoms with Gasteiger partial charge in [-0.2, -0.15) is 8.42 Å². The van der Waals surface area contributed by atoms with E-state index in [0.29, 0.717) is 0 Å². The molecular weight excluding hydrogens is 470 g/mol. The predicted octanol–water partition coefficient (Wildman–Crippen LogP) is 4.75. The zero-order chi connectivity index (χ0) is 24.8. The van der Waals surface area contributed by atoms with Crippen molar-refractivity contribution < 1.29 is 21.8 Å².